The maximum absolute atomic E-state index is 12.2. The van der Waals surface area contributed by atoms with Crippen molar-refractivity contribution in [1.82, 2.24) is 4.90 Å². The Morgan fingerprint density at radius 3 is 2.50 bits per heavy atom. The Morgan fingerprint density at radius 1 is 1.14 bits per heavy atom. The molecule has 0 unspecified atom stereocenters. The van der Waals surface area contributed by atoms with Gasteiger partial charge in [-0.3, -0.25) is 4.79 Å². The molecule has 120 valence electrons. The van der Waals surface area contributed by atoms with Gasteiger partial charge in [0.1, 0.15) is 6.61 Å². The number of esters is 1. The third kappa shape index (κ3) is 4.00. The second-order valence-corrected chi connectivity index (χ2v) is 5.47. The smallest absolute Gasteiger partial charge is 0.410 e. The number of rotatable bonds is 5. The van der Waals surface area contributed by atoms with Gasteiger partial charge in [0.05, 0.1) is 12.5 Å². The molecule has 0 spiro atoms. The van der Waals surface area contributed by atoms with Gasteiger partial charge in [-0.1, -0.05) is 43.7 Å². The van der Waals surface area contributed by atoms with Crippen molar-refractivity contribution in [3.63, 3.8) is 0 Å². The molecule has 5 heteroatoms. The van der Waals surface area contributed by atoms with Gasteiger partial charge in [0.15, 0.2) is 0 Å². The molecule has 0 saturated carbocycles. The molecule has 0 N–H and O–H groups in total. The van der Waals surface area contributed by atoms with Crippen molar-refractivity contribution in [3.8, 4) is 0 Å². The number of likely N-dealkylation sites (tertiary alicyclic amines) is 1. The Kier molecular flexibility index (Phi) is 5.81. The van der Waals surface area contributed by atoms with Crippen LogP contribution in [0.5, 0.6) is 0 Å². The fraction of sp³-hybridized carbons (Fsp3) is 0.529. The zero-order valence-electron chi connectivity index (χ0n) is 13.2. The van der Waals surface area contributed by atoms with E-state index in [1.807, 2.05) is 37.3 Å². The lowest BCUT2D eigenvalue weighted by atomic mass is 9.94. The summed E-state index contributed by atoms with van der Waals surface area (Å²) in [5.41, 5.74) is 0.948. The molecule has 0 aliphatic carbocycles. The van der Waals surface area contributed by atoms with Crippen LogP contribution >= 0.6 is 0 Å². The van der Waals surface area contributed by atoms with Crippen LogP contribution in [0.4, 0.5) is 4.79 Å². The van der Waals surface area contributed by atoms with E-state index in [1.165, 1.54) is 0 Å². The fourth-order valence-electron chi connectivity index (χ4n) is 2.76. The van der Waals surface area contributed by atoms with E-state index >= 15 is 0 Å². The van der Waals surface area contributed by atoms with Crippen LogP contribution < -0.4 is 0 Å². The van der Waals surface area contributed by atoms with Crippen LogP contribution in [0.2, 0.25) is 0 Å². The van der Waals surface area contributed by atoms with Crippen LogP contribution in [-0.2, 0) is 20.9 Å². The Morgan fingerprint density at radius 2 is 1.86 bits per heavy atom. The molecule has 1 aliphatic rings. The molecule has 1 aliphatic heterocycles. The first kappa shape index (κ1) is 16.3. The summed E-state index contributed by atoms with van der Waals surface area (Å²) in [5, 5.41) is 0. The predicted molar refractivity (Wildman–Crippen MR) is 82.1 cm³/mol. The molecule has 1 fully saturated rings. The van der Waals surface area contributed by atoms with E-state index in [4.69, 9.17) is 9.47 Å². The highest BCUT2D eigenvalue weighted by molar-refractivity contribution is 5.76. The second-order valence-electron chi connectivity index (χ2n) is 5.47. The molecule has 5 nitrogen and oxygen atoms in total. The summed E-state index contributed by atoms with van der Waals surface area (Å²) in [7, 11) is 0. The van der Waals surface area contributed by atoms with Gasteiger partial charge in [0.2, 0.25) is 0 Å². The summed E-state index contributed by atoms with van der Waals surface area (Å²) in [5.74, 6) is -0.315. The first-order chi connectivity index (χ1) is 10.7. The number of benzene rings is 1. The number of nitrogens with zero attached hydrogens (tertiary/aromatic N) is 1. The van der Waals surface area contributed by atoms with Crippen LogP contribution in [0.1, 0.15) is 25.8 Å². The number of ether oxygens (including phenoxy) is 2. The predicted octanol–water partition coefficient (Wildman–Crippen LogP) is 2.84. The highest BCUT2D eigenvalue weighted by Crippen LogP contribution is 2.27. The van der Waals surface area contributed by atoms with Gasteiger partial charge in [-0.05, 0) is 18.4 Å². The third-order valence-electron chi connectivity index (χ3n) is 4.02. The molecule has 2 atom stereocenters. The van der Waals surface area contributed by atoms with Gasteiger partial charge in [-0.15, -0.1) is 0 Å². The largest absolute Gasteiger partial charge is 0.466 e. The maximum atomic E-state index is 12.2. The SMILES string of the molecule is CCOC(=O)[C@H]1CN(C(=O)OCc2ccccc2)C[C@H]1CC. The summed E-state index contributed by atoms with van der Waals surface area (Å²) in [4.78, 5) is 25.7. The number of hydrogen-bond acceptors (Lipinski definition) is 4. The minimum absolute atomic E-state index is 0.142. The van der Waals surface area contributed by atoms with Crippen LogP contribution in [0.15, 0.2) is 30.3 Å². The van der Waals surface area contributed by atoms with Crippen molar-refractivity contribution in [2.45, 2.75) is 26.9 Å². The van der Waals surface area contributed by atoms with E-state index in [9.17, 15) is 9.59 Å². The van der Waals surface area contributed by atoms with E-state index in [0.717, 1.165) is 12.0 Å². The van der Waals surface area contributed by atoms with Gasteiger partial charge in [0.25, 0.3) is 0 Å². The van der Waals surface area contributed by atoms with Gasteiger partial charge >= 0.3 is 12.1 Å². The zero-order valence-corrected chi connectivity index (χ0v) is 13.2. The zero-order chi connectivity index (χ0) is 15.9. The summed E-state index contributed by atoms with van der Waals surface area (Å²) in [6, 6.07) is 9.55. The van der Waals surface area contributed by atoms with Crippen LogP contribution in [-0.4, -0.2) is 36.7 Å². The normalized spacial score (nSPS) is 20.7. The lowest BCUT2D eigenvalue weighted by Crippen LogP contribution is -2.30. The lowest BCUT2D eigenvalue weighted by molar-refractivity contribution is -0.148. The van der Waals surface area contributed by atoms with Crippen molar-refractivity contribution in [2.75, 3.05) is 19.7 Å². The average Bonchev–Trinajstić information content (AvgIpc) is 2.98. The highest BCUT2D eigenvalue weighted by atomic mass is 16.6. The fourth-order valence-corrected chi connectivity index (χ4v) is 2.76. The molecule has 0 bridgehead atoms. The monoisotopic (exact) mass is 305 g/mol. The van der Waals surface area contributed by atoms with Crippen LogP contribution in [0.3, 0.4) is 0 Å². The van der Waals surface area contributed by atoms with E-state index in [2.05, 4.69) is 0 Å². The molecule has 1 aromatic rings. The molecule has 1 saturated heterocycles. The second kappa shape index (κ2) is 7.82. The molecule has 0 radical (unpaired) electrons. The van der Waals surface area contributed by atoms with Crippen molar-refractivity contribution in [1.29, 1.82) is 0 Å². The number of hydrogen-bond donors (Lipinski definition) is 0. The van der Waals surface area contributed by atoms with Gasteiger partial charge in [-0.25, -0.2) is 4.79 Å². The molecular weight excluding hydrogens is 282 g/mol. The first-order valence-corrected chi connectivity index (χ1v) is 7.78. The molecule has 1 heterocycles. The van der Waals surface area contributed by atoms with Gasteiger partial charge in [-0.2, -0.15) is 0 Å². The van der Waals surface area contributed by atoms with Crippen LogP contribution in [0.25, 0.3) is 0 Å². The van der Waals surface area contributed by atoms with E-state index in [1.54, 1.807) is 11.8 Å². The molecule has 22 heavy (non-hydrogen) atoms. The van der Waals surface area contributed by atoms with Crippen LogP contribution in [0, 0.1) is 11.8 Å². The standard InChI is InChI=1S/C17H23NO4/c1-3-14-10-18(11-15(14)16(19)21-4-2)17(20)22-12-13-8-6-5-7-9-13/h5-9,14-15H,3-4,10-12H2,1-2H3/t14-,15+/m1/s1. The average molecular weight is 305 g/mol. The number of carbonyl (C=O) groups is 2. The molecule has 1 aromatic carbocycles. The molecular formula is C17H23NO4. The molecule has 1 amide bonds. The van der Waals surface area contributed by atoms with E-state index in [-0.39, 0.29) is 30.5 Å². The maximum Gasteiger partial charge on any atom is 0.410 e. The van der Waals surface area contributed by atoms with E-state index < -0.39 is 0 Å². The number of amides is 1. The van der Waals surface area contributed by atoms with Crippen molar-refractivity contribution < 1.29 is 19.1 Å². The number of carbonyl (C=O) groups excluding carboxylic acids is 2. The molecule has 2 rings (SSSR count). The summed E-state index contributed by atoms with van der Waals surface area (Å²) in [6.45, 7) is 5.36. The minimum Gasteiger partial charge on any atom is -0.466 e. The van der Waals surface area contributed by atoms with Crippen molar-refractivity contribution in [3.05, 3.63) is 35.9 Å². The van der Waals surface area contributed by atoms with Crippen molar-refractivity contribution >= 4 is 12.1 Å². The first-order valence-electron chi connectivity index (χ1n) is 7.78. The summed E-state index contributed by atoms with van der Waals surface area (Å²) < 4.78 is 10.4. The highest BCUT2D eigenvalue weighted by Gasteiger charge is 2.40. The minimum atomic E-state index is -0.367. The Bertz CT molecular complexity index is 503. The molecule has 0 aromatic heterocycles. The quantitative estimate of drug-likeness (QED) is 0.785. The summed E-state index contributed by atoms with van der Waals surface area (Å²) in [6.07, 6.45) is 0.473. The van der Waals surface area contributed by atoms with E-state index in [0.29, 0.717) is 19.7 Å². The Labute approximate surface area is 131 Å². The Hall–Kier alpha value is -2.04. The lowest BCUT2D eigenvalue weighted by Gasteiger charge is -2.16. The van der Waals surface area contributed by atoms with Gasteiger partial charge in [0, 0.05) is 13.1 Å². The summed E-state index contributed by atoms with van der Waals surface area (Å²) >= 11 is 0. The third-order valence-corrected chi connectivity index (χ3v) is 4.02. The van der Waals surface area contributed by atoms with Gasteiger partial charge < -0.3 is 14.4 Å². The van der Waals surface area contributed by atoms with Crippen molar-refractivity contribution in [2.24, 2.45) is 11.8 Å². The topological polar surface area (TPSA) is 55.8 Å². The Balaban J connectivity index is 1.89.